The molecule has 3 rings (SSSR count). The summed E-state index contributed by atoms with van der Waals surface area (Å²) in [5, 5.41) is 3.07. The Morgan fingerprint density at radius 1 is 1.18 bits per heavy atom. The molecule has 22 heavy (non-hydrogen) atoms. The monoisotopic (exact) mass is 317 g/mol. The molecule has 1 aliphatic heterocycles. The van der Waals surface area contributed by atoms with Crippen LogP contribution in [0.25, 0.3) is 10.1 Å². The second kappa shape index (κ2) is 6.27. The number of nitrogens with zero attached hydrogens (tertiary/aromatic N) is 1. The van der Waals surface area contributed by atoms with Gasteiger partial charge >= 0.3 is 5.97 Å². The van der Waals surface area contributed by atoms with Gasteiger partial charge in [0.25, 0.3) is 0 Å². The molecule has 0 saturated carbocycles. The summed E-state index contributed by atoms with van der Waals surface area (Å²) >= 11 is 1.61. The molecule has 5 nitrogen and oxygen atoms in total. The summed E-state index contributed by atoms with van der Waals surface area (Å²) in [6.07, 6.45) is 0.531. The fraction of sp³-hybridized carbons (Fsp3) is 0.312. The van der Waals surface area contributed by atoms with Gasteiger partial charge in [-0.15, -0.1) is 11.3 Å². The normalized spacial score (nSPS) is 14.8. The molecular formula is C16H15NO4S. The molecule has 0 atom stereocenters. The zero-order valence-corrected chi connectivity index (χ0v) is 12.7. The molecule has 0 aliphatic carbocycles. The molecule has 2 heterocycles. The van der Waals surface area contributed by atoms with E-state index >= 15 is 0 Å². The Bertz CT molecular complexity index is 721. The lowest BCUT2D eigenvalue weighted by molar-refractivity contribution is -0.146. The number of carbonyl (C=O) groups excluding carboxylic acids is 3. The molecule has 2 aromatic rings. The number of rotatable bonds is 5. The molecule has 1 aliphatic rings. The van der Waals surface area contributed by atoms with E-state index in [9.17, 15) is 14.4 Å². The van der Waals surface area contributed by atoms with Crippen molar-refractivity contribution in [2.24, 2.45) is 0 Å². The van der Waals surface area contributed by atoms with Crippen molar-refractivity contribution in [3.05, 3.63) is 35.2 Å². The van der Waals surface area contributed by atoms with Gasteiger partial charge in [0.15, 0.2) is 0 Å². The summed E-state index contributed by atoms with van der Waals surface area (Å²) < 4.78 is 6.40. The van der Waals surface area contributed by atoms with Crippen LogP contribution in [0.5, 0.6) is 0 Å². The van der Waals surface area contributed by atoms with Crippen molar-refractivity contribution < 1.29 is 19.1 Å². The summed E-state index contributed by atoms with van der Waals surface area (Å²) in [6, 6.07) is 7.94. The van der Waals surface area contributed by atoms with Gasteiger partial charge < -0.3 is 4.74 Å². The van der Waals surface area contributed by atoms with Crippen LogP contribution in [0, 0.1) is 0 Å². The van der Waals surface area contributed by atoms with Gasteiger partial charge in [-0.2, -0.15) is 0 Å². The van der Waals surface area contributed by atoms with Crippen LogP contribution in [0.2, 0.25) is 0 Å². The van der Waals surface area contributed by atoms with Gasteiger partial charge in [0.05, 0.1) is 6.42 Å². The van der Waals surface area contributed by atoms with Crippen LogP contribution in [-0.4, -0.2) is 29.2 Å². The van der Waals surface area contributed by atoms with E-state index in [1.54, 1.807) is 11.3 Å². The van der Waals surface area contributed by atoms with Crippen LogP contribution in [0.4, 0.5) is 0 Å². The SMILES string of the molecule is O=C(CCN1C(=O)CCC1=O)OCc1csc2ccccc12. The maximum absolute atomic E-state index is 11.8. The predicted octanol–water partition coefficient (Wildman–Crippen LogP) is 2.48. The van der Waals surface area contributed by atoms with Gasteiger partial charge in [0.1, 0.15) is 6.61 Å². The second-order valence-electron chi connectivity index (χ2n) is 5.11. The molecule has 0 radical (unpaired) electrons. The van der Waals surface area contributed by atoms with Crippen LogP contribution < -0.4 is 0 Å². The van der Waals surface area contributed by atoms with Gasteiger partial charge in [-0.05, 0) is 16.8 Å². The highest BCUT2D eigenvalue weighted by Crippen LogP contribution is 2.26. The first-order chi connectivity index (χ1) is 10.6. The van der Waals surface area contributed by atoms with E-state index < -0.39 is 5.97 Å². The second-order valence-corrected chi connectivity index (χ2v) is 6.02. The van der Waals surface area contributed by atoms with Crippen molar-refractivity contribution >= 4 is 39.2 Å². The highest BCUT2D eigenvalue weighted by atomic mass is 32.1. The van der Waals surface area contributed by atoms with E-state index in [4.69, 9.17) is 4.74 Å². The van der Waals surface area contributed by atoms with Crippen LogP contribution in [0.1, 0.15) is 24.8 Å². The standard InChI is InChI=1S/C16H15NO4S/c18-14-5-6-15(19)17(14)8-7-16(20)21-9-11-10-22-13-4-2-1-3-12(11)13/h1-4,10H,5-9H2. The van der Waals surface area contributed by atoms with Crippen molar-refractivity contribution in [1.29, 1.82) is 0 Å². The van der Waals surface area contributed by atoms with E-state index in [2.05, 4.69) is 0 Å². The third-order valence-corrected chi connectivity index (χ3v) is 4.66. The number of hydrogen-bond acceptors (Lipinski definition) is 5. The van der Waals surface area contributed by atoms with E-state index in [1.165, 1.54) is 0 Å². The van der Waals surface area contributed by atoms with Crippen LogP contribution in [0.3, 0.4) is 0 Å². The topological polar surface area (TPSA) is 63.7 Å². The fourth-order valence-corrected chi connectivity index (χ4v) is 3.40. The number of amides is 2. The van der Waals surface area contributed by atoms with E-state index in [0.29, 0.717) is 0 Å². The van der Waals surface area contributed by atoms with Crippen molar-refractivity contribution in [3.63, 3.8) is 0 Å². The molecule has 1 saturated heterocycles. The van der Waals surface area contributed by atoms with Gasteiger partial charge in [-0.25, -0.2) is 0 Å². The highest BCUT2D eigenvalue weighted by Gasteiger charge is 2.28. The largest absolute Gasteiger partial charge is 0.461 e. The summed E-state index contributed by atoms with van der Waals surface area (Å²) in [5.41, 5.74) is 0.974. The van der Waals surface area contributed by atoms with Gasteiger partial charge in [-0.3, -0.25) is 19.3 Å². The Morgan fingerprint density at radius 2 is 1.91 bits per heavy atom. The number of esters is 1. The summed E-state index contributed by atoms with van der Waals surface area (Å²) in [7, 11) is 0. The number of imide groups is 1. The van der Waals surface area contributed by atoms with Crippen molar-refractivity contribution in [2.45, 2.75) is 25.9 Å². The summed E-state index contributed by atoms with van der Waals surface area (Å²) in [6.45, 7) is 0.325. The van der Waals surface area contributed by atoms with Gasteiger partial charge in [0.2, 0.25) is 11.8 Å². The minimum absolute atomic E-state index is 0.0412. The summed E-state index contributed by atoms with van der Waals surface area (Å²) in [5.74, 6) is -0.814. The van der Waals surface area contributed by atoms with E-state index in [1.807, 2.05) is 29.6 Å². The number of benzene rings is 1. The lowest BCUT2D eigenvalue weighted by Gasteiger charge is -2.12. The maximum Gasteiger partial charge on any atom is 0.307 e. The zero-order valence-electron chi connectivity index (χ0n) is 11.9. The molecule has 0 N–H and O–H groups in total. The first kappa shape index (κ1) is 14.7. The predicted molar refractivity (Wildman–Crippen MR) is 82.2 cm³/mol. The highest BCUT2D eigenvalue weighted by molar-refractivity contribution is 7.17. The first-order valence-electron chi connectivity index (χ1n) is 7.09. The summed E-state index contributed by atoms with van der Waals surface area (Å²) in [4.78, 5) is 35.8. The first-order valence-corrected chi connectivity index (χ1v) is 7.97. The Balaban J connectivity index is 1.52. The Kier molecular flexibility index (Phi) is 4.20. The van der Waals surface area contributed by atoms with Gasteiger partial charge in [0, 0.05) is 29.6 Å². The number of thiophene rings is 1. The molecule has 0 bridgehead atoms. The molecule has 0 spiro atoms. The zero-order chi connectivity index (χ0) is 15.5. The fourth-order valence-electron chi connectivity index (χ4n) is 2.45. The molecule has 2 amide bonds. The molecule has 1 aromatic heterocycles. The lowest BCUT2D eigenvalue weighted by Crippen LogP contribution is -2.31. The number of carbonyl (C=O) groups is 3. The van der Waals surface area contributed by atoms with E-state index in [0.717, 1.165) is 20.5 Å². The molecule has 0 unspecified atom stereocenters. The maximum atomic E-state index is 11.8. The Hall–Kier alpha value is -2.21. The average molecular weight is 317 g/mol. The smallest absolute Gasteiger partial charge is 0.307 e. The third kappa shape index (κ3) is 3.01. The number of likely N-dealkylation sites (tertiary alicyclic amines) is 1. The van der Waals surface area contributed by atoms with Crippen LogP contribution in [0.15, 0.2) is 29.6 Å². The molecule has 114 valence electrons. The van der Waals surface area contributed by atoms with Crippen LogP contribution in [-0.2, 0) is 25.7 Å². The van der Waals surface area contributed by atoms with Gasteiger partial charge in [-0.1, -0.05) is 18.2 Å². The third-order valence-electron chi connectivity index (χ3n) is 3.64. The number of hydrogen-bond donors (Lipinski definition) is 0. The molecule has 6 heteroatoms. The molecule has 1 aromatic carbocycles. The quantitative estimate of drug-likeness (QED) is 0.628. The number of ether oxygens (including phenoxy) is 1. The van der Waals surface area contributed by atoms with Crippen molar-refractivity contribution in [3.8, 4) is 0 Å². The molecule has 1 fully saturated rings. The van der Waals surface area contributed by atoms with E-state index in [-0.39, 0.29) is 44.2 Å². The van der Waals surface area contributed by atoms with Crippen molar-refractivity contribution in [1.82, 2.24) is 4.90 Å². The van der Waals surface area contributed by atoms with Crippen molar-refractivity contribution in [2.75, 3.05) is 6.54 Å². The Labute approximate surface area is 131 Å². The van der Waals surface area contributed by atoms with Crippen LogP contribution >= 0.6 is 11.3 Å². The minimum atomic E-state index is -0.400. The minimum Gasteiger partial charge on any atom is -0.461 e. The molecular weight excluding hydrogens is 302 g/mol. The number of fused-ring (bicyclic) bond motifs is 1. The lowest BCUT2D eigenvalue weighted by atomic mass is 10.2. The average Bonchev–Trinajstić information content (AvgIpc) is 3.07. The Morgan fingerprint density at radius 3 is 2.68 bits per heavy atom.